The van der Waals surface area contributed by atoms with Crippen molar-refractivity contribution in [3.8, 4) is 0 Å². The molecule has 0 aliphatic heterocycles. The maximum absolute atomic E-state index is 4.66. The van der Waals surface area contributed by atoms with Gasteiger partial charge in [0.05, 0.1) is 11.0 Å². The Hall–Kier alpha value is -2.09. The topological polar surface area (TPSA) is 28.7 Å². The predicted molar refractivity (Wildman–Crippen MR) is 116 cm³/mol. The lowest BCUT2D eigenvalue weighted by Crippen LogP contribution is -1.89. The number of fused-ring (bicyclic) bond motifs is 1. The van der Waals surface area contributed by atoms with E-state index in [9.17, 15) is 0 Å². The first-order chi connectivity index (χ1) is 13.3. The van der Waals surface area contributed by atoms with Crippen LogP contribution in [0.2, 0.25) is 0 Å². The van der Waals surface area contributed by atoms with Crippen LogP contribution >= 0.6 is 0 Å². The van der Waals surface area contributed by atoms with E-state index in [4.69, 9.17) is 0 Å². The number of nitrogens with one attached hydrogen (secondary N) is 1. The molecule has 0 spiro atoms. The molecule has 0 saturated carbocycles. The summed E-state index contributed by atoms with van der Waals surface area (Å²) < 4.78 is 0. The van der Waals surface area contributed by atoms with Crippen LogP contribution < -0.4 is 0 Å². The highest BCUT2D eigenvalue weighted by molar-refractivity contribution is 5.74. The van der Waals surface area contributed by atoms with Gasteiger partial charge in [-0.25, -0.2) is 4.98 Å². The predicted octanol–water partition coefficient (Wildman–Crippen LogP) is 7.17. The van der Waals surface area contributed by atoms with Crippen molar-refractivity contribution in [3.63, 3.8) is 0 Å². The summed E-state index contributed by atoms with van der Waals surface area (Å²) in [4.78, 5) is 8.09. The molecule has 0 fully saturated rings. The maximum Gasteiger partial charge on any atom is 0.107 e. The van der Waals surface area contributed by atoms with Crippen molar-refractivity contribution in [3.05, 3.63) is 65.5 Å². The molecule has 0 unspecified atom stereocenters. The summed E-state index contributed by atoms with van der Waals surface area (Å²) in [6.07, 6.45) is 14.5. The Labute approximate surface area is 164 Å². The summed E-state index contributed by atoms with van der Waals surface area (Å²) in [5, 5.41) is 0. The molecular formula is C25H34N2. The van der Waals surface area contributed by atoms with Crippen LogP contribution in [0.3, 0.4) is 0 Å². The van der Waals surface area contributed by atoms with Gasteiger partial charge in [-0.1, -0.05) is 86.9 Å². The SMILES string of the molecule is Cc1ccc(CCCCCCCCCCCc2nc3ccccc3[nH]2)cc1. The van der Waals surface area contributed by atoms with E-state index in [2.05, 4.69) is 65.4 Å². The summed E-state index contributed by atoms with van der Waals surface area (Å²) >= 11 is 0. The van der Waals surface area contributed by atoms with Gasteiger partial charge in [-0.3, -0.25) is 0 Å². The number of H-pyrrole nitrogens is 1. The van der Waals surface area contributed by atoms with Gasteiger partial charge in [0.1, 0.15) is 5.82 Å². The Bertz CT molecular complexity index is 752. The van der Waals surface area contributed by atoms with Gasteiger partial charge in [0.2, 0.25) is 0 Å². The number of hydrogen-bond donors (Lipinski definition) is 1. The van der Waals surface area contributed by atoms with E-state index in [0.29, 0.717) is 0 Å². The quantitative estimate of drug-likeness (QED) is 0.340. The maximum atomic E-state index is 4.66. The lowest BCUT2D eigenvalue weighted by molar-refractivity contribution is 0.557. The summed E-state index contributed by atoms with van der Waals surface area (Å²) in [5.41, 5.74) is 5.10. The highest BCUT2D eigenvalue weighted by Gasteiger charge is 2.01. The third-order valence-corrected chi connectivity index (χ3v) is 5.44. The number of aromatic nitrogens is 2. The van der Waals surface area contributed by atoms with E-state index in [-0.39, 0.29) is 0 Å². The third kappa shape index (κ3) is 6.86. The van der Waals surface area contributed by atoms with Crippen LogP contribution in [0, 0.1) is 6.92 Å². The highest BCUT2D eigenvalue weighted by atomic mass is 14.9. The van der Waals surface area contributed by atoms with E-state index in [1.165, 1.54) is 75.3 Å². The van der Waals surface area contributed by atoms with E-state index in [1.807, 2.05) is 0 Å². The molecule has 2 aromatic carbocycles. The normalized spacial score (nSPS) is 11.3. The molecule has 3 rings (SSSR count). The van der Waals surface area contributed by atoms with Crippen molar-refractivity contribution >= 4 is 11.0 Å². The number of nitrogens with zero attached hydrogens (tertiary/aromatic N) is 1. The molecule has 2 heteroatoms. The number of para-hydroxylation sites is 2. The average molecular weight is 363 g/mol. The van der Waals surface area contributed by atoms with Crippen molar-refractivity contribution in [2.24, 2.45) is 0 Å². The zero-order valence-electron chi connectivity index (χ0n) is 16.8. The lowest BCUT2D eigenvalue weighted by atomic mass is 10.0. The number of aromatic amines is 1. The van der Waals surface area contributed by atoms with Crippen molar-refractivity contribution in [2.75, 3.05) is 0 Å². The third-order valence-electron chi connectivity index (χ3n) is 5.44. The molecule has 0 bridgehead atoms. The molecule has 2 nitrogen and oxygen atoms in total. The Balaban J connectivity index is 1.15. The number of aryl methyl sites for hydroxylation is 3. The van der Waals surface area contributed by atoms with Gasteiger partial charge in [0.25, 0.3) is 0 Å². The zero-order valence-corrected chi connectivity index (χ0v) is 16.8. The smallest absolute Gasteiger partial charge is 0.107 e. The Morgan fingerprint density at radius 2 is 1.26 bits per heavy atom. The van der Waals surface area contributed by atoms with E-state index in [1.54, 1.807) is 0 Å². The van der Waals surface area contributed by atoms with Crippen LogP contribution in [0.5, 0.6) is 0 Å². The van der Waals surface area contributed by atoms with E-state index in [0.717, 1.165) is 23.3 Å². The van der Waals surface area contributed by atoms with Crippen LogP contribution in [0.1, 0.15) is 74.7 Å². The fourth-order valence-electron chi connectivity index (χ4n) is 3.74. The van der Waals surface area contributed by atoms with Crippen LogP contribution in [-0.4, -0.2) is 9.97 Å². The van der Waals surface area contributed by atoms with Crippen molar-refractivity contribution in [1.82, 2.24) is 9.97 Å². The molecule has 0 amide bonds. The fraction of sp³-hybridized carbons (Fsp3) is 0.480. The first kappa shape index (κ1) is 19.7. The summed E-state index contributed by atoms with van der Waals surface area (Å²) in [6, 6.07) is 17.3. The van der Waals surface area contributed by atoms with Gasteiger partial charge in [-0.05, 0) is 43.9 Å². The molecule has 0 aliphatic rings. The molecule has 144 valence electrons. The second-order valence-electron chi connectivity index (χ2n) is 7.87. The van der Waals surface area contributed by atoms with Crippen LogP contribution in [-0.2, 0) is 12.8 Å². The minimum absolute atomic E-state index is 1.08. The van der Waals surface area contributed by atoms with Gasteiger partial charge in [0.15, 0.2) is 0 Å². The van der Waals surface area contributed by atoms with Gasteiger partial charge in [-0.15, -0.1) is 0 Å². The van der Waals surface area contributed by atoms with Crippen LogP contribution in [0.4, 0.5) is 0 Å². The molecule has 3 aromatic rings. The average Bonchev–Trinajstić information content (AvgIpc) is 3.10. The number of hydrogen-bond acceptors (Lipinski definition) is 1. The van der Waals surface area contributed by atoms with Gasteiger partial charge in [0, 0.05) is 6.42 Å². The molecule has 1 heterocycles. The molecule has 1 aromatic heterocycles. The van der Waals surface area contributed by atoms with Crippen LogP contribution in [0.15, 0.2) is 48.5 Å². The first-order valence-corrected chi connectivity index (χ1v) is 10.8. The summed E-state index contributed by atoms with van der Waals surface area (Å²) in [7, 11) is 0. The summed E-state index contributed by atoms with van der Waals surface area (Å²) in [6.45, 7) is 2.16. The molecule has 0 aliphatic carbocycles. The molecule has 0 radical (unpaired) electrons. The van der Waals surface area contributed by atoms with Gasteiger partial charge in [-0.2, -0.15) is 0 Å². The number of rotatable bonds is 12. The second-order valence-corrected chi connectivity index (χ2v) is 7.87. The minimum Gasteiger partial charge on any atom is -0.342 e. The number of imidazole rings is 1. The molecule has 0 atom stereocenters. The fourth-order valence-corrected chi connectivity index (χ4v) is 3.74. The Kier molecular flexibility index (Phi) is 7.95. The Morgan fingerprint density at radius 1 is 0.667 bits per heavy atom. The van der Waals surface area contributed by atoms with E-state index >= 15 is 0 Å². The van der Waals surface area contributed by atoms with Crippen molar-refractivity contribution in [1.29, 1.82) is 0 Å². The largest absolute Gasteiger partial charge is 0.342 e. The summed E-state index contributed by atoms with van der Waals surface area (Å²) in [5.74, 6) is 1.14. The highest BCUT2D eigenvalue weighted by Crippen LogP contribution is 2.15. The van der Waals surface area contributed by atoms with Crippen molar-refractivity contribution < 1.29 is 0 Å². The van der Waals surface area contributed by atoms with Crippen LogP contribution in [0.25, 0.3) is 11.0 Å². The minimum atomic E-state index is 1.08. The lowest BCUT2D eigenvalue weighted by Gasteiger charge is -2.03. The standard InChI is InChI=1S/C25H34N2/c1-21-17-19-22(20-18-21)13-9-7-5-3-2-4-6-8-10-16-25-26-23-14-11-12-15-24(23)27-25/h11-12,14-15,17-20H,2-10,13,16H2,1H3,(H,26,27). The first-order valence-electron chi connectivity index (χ1n) is 10.8. The van der Waals surface area contributed by atoms with E-state index < -0.39 is 0 Å². The zero-order chi connectivity index (χ0) is 18.7. The Morgan fingerprint density at radius 3 is 1.93 bits per heavy atom. The molecule has 0 saturated heterocycles. The number of benzene rings is 2. The van der Waals surface area contributed by atoms with Crippen molar-refractivity contribution in [2.45, 2.75) is 77.6 Å². The van der Waals surface area contributed by atoms with Gasteiger partial charge < -0.3 is 4.98 Å². The van der Waals surface area contributed by atoms with Gasteiger partial charge >= 0.3 is 0 Å². The second kappa shape index (κ2) is 10.9. The number of unbranched alkanes of at least 4 members (excludes halogenated alkanes) is 8. The molecule has 27 heavy (non-hydrogen) atoms. The molecule has 1 N–H and O–H groups in total. The molecular weight excluding hydrogens is 328 g/mol. The monoisotopic (exact) mass is 362 g/mol.